The minimum atomic E-state index is -1.37. The van der Waals surface area contributed by atoms with Crippen molar-refractivity contribution in [3.8, 4) is 0 Å². The van der Waals surface area contributed by atoms with Crippen molar-refractivity contribution in [3.05, 3.63) is 24.3 Å². The fraction of sp³-hybridized carbons (Fsp3) is 0.455. The van der Waals surface area contributed by atoms with E-state index in [0.717, 1.165) is 11.0 Å². The maximum absolute atomic E-state index is 5.99. The van der Waals surface area contributed by atoms with Crippen LogP contribution in [0.4, 0.5) is 0 Å². The molecule has 1 aliphatic heterocycles. The number of aromatic nitrogens is 3. The van der Waals surface area contributed by atoms with Gasteiger partial charge in [0.25, 0.3) is 0 Å². The molecule has 2 aromatic rings. The molecule has 1 aliphatic rings. The van der Waals surface area contributed by atoms with E-state index >= 15 is 0 Å². The first-order chi connectivity index (χ1) is 8.57. The van der Waals surface area contributed by atoms with Crippen LogP contribution in [0.15, 0.2) is 24.3 Å². The predicted molar refractivity (Wildman–Crippen MR) is 70.9 cm³/mol. The van der Waals surface area contributed by atoms with Gasteiger partial charge in [-0.2, -0.15) is 0 Å². The van der Waals surface area contributed by atoms with Gasteiger partial charge in [-0.1, -0.05) is 52.1 Å². The van der Waals surface area contributed by atoms with Gasteiger partial charge >= 0.3 is 0 Å². The maximum atomic E-state index is 5.99. The average Bonchev–Trinajstić information content (AvgIpc) is 2.93. The number of ether oxygens (including phenoxy) is 1. The van der Waals surface area contributed by atoms with Crippen molar-refractivity contribution in [2.45, 2.75) is 16.4 Å². The zero-order valence-corrected chi connectivity index (χ0v) is 11.5. The lowest BCUT2D eigenvalue weighted by molar-refractivity contribution is 0.0257. The van der Waals surface area contributed by atoms with Crippen molar-refractivity contribution in [1.29, 1.82) is 0 Å². The summed E-state index contributed by atoms with van der Waals surface area (Å²) in [6, 6.07) is 7.63. The second-order valence-electron chi connectivity index (χ2n) is 4.22. The molecule has 2 atom stereocenters. The summed E-state index contributed by atoms with van der Waals surface area (Å²) in [7, 11) is 0. The number of benzene rings is 1. The normalized spacial score (nSPS) is 24.8. The van der Waals surface area contributed by atoms with Crippen LogP contribution in [0, 0.1) is 5.92 Å². The molecule has 0 saturated carbocycles. The highest BCUT2D eigenvalue weighted by atomic mass is 35.6. The Bertz CT molecular complexity index is 566. The zero-order chi connectivity index (χ0) is 12.8. The summed E-state index contributed by atoms with van der Waals surface area (Å²) >= 11 is 18.0. The standard InChI is InChI=1S/C11H10Cl3N3O/c12-11(13,14)7-5-6-18-10(7)17-9-4-2-1-3-8(9)15-16-17/h1-4,7,10H,5-6H2/t7-,10-/m0/s1. The molecule has 96 valence electrons. The Kier molecular flexibility index (Phi) is 3.14. The molecule has 4 nitrogen and oxygen atoms in total. The summed E-state index contributed by atoms with van der Waals surface area (Å²) in [6.07, 6.45) is 0.305. The number of hydrogen-bond acceptors (Lipinski definition) is 3. The van der Waals surface area contributed by atoms with Crippen LogP contribution in [0.25, 0.3) is 11.0 Å². The number of nitrogens with zero attached hydrogens (tertiary/aromatic N) is 3. The lowest BCUT2D eigenvalue weighted by Gasteiger charge is -2.24. The van der Waals surface area contributed by atoms with E-state index in [9.17, 15) is 0 Å². The van der Waals surface area contributed by atoms with Crippen LogP contribution in [0.3, 0.4) is 0 Å². The third-order valence-electron chi connectivity index (χ3n) is 3.10. The highest BCUT2D eigenvalue weighted by molar-refractivity contribution is 6.67. The summed E-state index contributed by atoms with van der Waals surface area (Å²) < 4.78 is 5.97. The minimum absolute atomic E-state index is 0.229. The van der Waals surface area contributed by atoms with Crippen LogP contribution < -0.4 is 0 Å². The second-order valence-corrected chi connectivity index (χ2v) is 6.59. The molecule has 1 fully saturated rings. The largest absolute Gasteiger partial charge is 0.356 e. The molecular formula is C11H10Cl3N3O. The number of hydrogen-bond donors (Lipinski definition) is 0. The number of rotatable bonds is 1. The third-order valence-corrected chi connectivity index (χ3v) is 3.94. The Morgan fingerprint density at radius 1 is 1.28 bits per heavy atom. The van der Waals surface area contributed by atoms with Crippen LogP contribution in [-0.2, 0) is 4.74 Å². The monoisotopic (exact) mass is 305 g/mol. The Morgan fingerprint density at radius 3 is 2.83 bits per heavy atom. The molecule has 2 heterocycles. The Hall–Kier alpha value is -0.550. The predicted octanol–water partition coefficient (Wildman–Crippen LogP) is 3.34. The van der Waals surface area contributed by atoms with E-state index in [1.54, 1.807) is 4.68 Å². The highest BCUT2D eigenvalue weighted by Gasteiger charge is 2.44. The van der Waals surface area contributed by atoms with Crippen LogP contribution >= 0.6 is 34.8 Å². The summed E-state index contributed by atoms with van der Waals surface area (Å²) in [5.41, 5.74) is 1.68. The van der Waals surface area contributed by atoms with E-state index in [4.69, 9.17) is 39.5 Å². The molecule has 0 amide bonds. The molecule has 1 saturated heterocycles. The molecule has 0 bridgehead atoms. The van der Waals surface area contributed by atoms with Crippen LogP contribution in [-0.4, -0.2) is 25.4 Å². The van der Waals surface area contributed by atoms with Gasteiger partial charge in [-0.25, -0.2) is 4.68 Å². The van der Waals surface area contributed by atoms with E-state index < -0.39 is 3.79 Å². The van der Waals surface area contributed by atoms with Crippen molar-refractivity contribution in [2.24, 2.45) is 5.92 Å². The van der Waals surface area contributed by atoms with Crippen LogP contribution in [0.2, 0.25) is 0 Å². The highest BCUT2D eigenvalue weighted by Crippen LogP contribution is 2.47. The first-order valence-corrected chi connectivity index (χ1v) is 6.69. The molecule has 1 aromatic carbocycles. The van der Waals surface area contributed by atoms with E-state index in [2.05, 4.69) is 10.3 Å². The number of halogens is 3. The van der Waals surface area contributed by atoms with Crippen LogP contribution in [0.1, 0.15) is 12.6 Å². The fourth-order valence-corrected chi connectivity index (χ4v) is 2.87. The molecule has 0 unspecified atom stereocenters. The Labute approximate surface area is 119 Å². The van der Waals surface area contributed by atoms with Crippen LogP contribution in [0.5, 0.6) is 0 Å². The molecule has 0 radical (unpaired) electrons. The minimum Gasteiger partial charge on any atom is -0.356 e. The SMILES string of the molecule is ClC(Cl)(Cl)[C@H]1CCO[C@@H]1n1nnc2ccccc21. The van der Waals surface area contributed by atoms with E-state index in [-0.39, 0.29) is 12.1 Å². The van der Waals surface area contributed by atoms with Gasteiger partial charge in [0.05, 0.1) is 11.4 Å². The topological polar surface area (TPSA) is 39.9 Å². The molecule has 3 rings (SSSR count). The molecular weight excluding hydrogens is 297 g/mol. The zero-order valence-electron chi connectivity index (χ0n) is 9.26. The second kappa shape index (κ2) is 4.53. The molecule has 1 aromatic heterocycles. The smallest absolute Gasteiger partial charge is 0.197 e. The average molecular weight is 307 g/mol. The van der Waals surface area contributed by atoms with Gasteiger partial charge in [-0.3, -0.25) is 0 Å². The van der Waals surface area contributed by atoms with E-state index in [1.807, 2.05) is 24.3 Å². The van der Waals surface area contributed by atoms with E-state index in [0.29, 0.717) is 13.0 Å². The molecule has 7 heteroatoms. The molecule has 18 heavy (non-hydrogen) atoms. The lowest BCUT2D eigenvalue weighted by atomic mass is 10.1. The lowest BCUT2D eigenvalue weighted by Crippen LogP contribution is -2.27. The summed E-state index contributed by atoms with van der Waals surface area (Å²) in [6.45, 7) is 0.553. The van der Waals surface area contributed by atoms with Crippen molar-refractivity contribution < 1.29 is 4.74 Å². The third kappa shape index (κ3) is 2.07. The molecule has 0 aliphatic carbocycles. The Morgan fingerprint density at radius 2 is 2.06 bits per heavy atom. The number of para-hydroxylation sites is 1. The van der Waals surface area contributed by atoms with Crippen molar-refractivity contribution >= 4 is 45.8 Å². The molecule has 0 spiro atoms. The molecule has 0 N–H and O–H groups in total. The van der Waals surface area contributed by atoms with Crippen molar-refractivity contribution in [2.75, 3.05) is 6.61 Å². The first kappa shape index (κ1) is 12.5. The summed E-state index contributed by atoms with van der Waals surface area (Å²) in [5.74, 6) is -0.229. The summed E-state index contributed by atoms with van der Waals surface area (Å²) in [5, 5.41) is 8.19. The fourth-order valence-electron chi connectivity index (χ4n) is 2.22. The van der Waals surface area contributed by atoms with Crippen molar-refractivity contribution in [3.63, 3.8) is 0 Å². The maximum Gasteiger partial charge on any atom is 0.197 e. The quantitative estimate of drug-likeness (QED) is 0.759. The number of alkyl halides is 3. The summed E-state index contributed by atoms with van der Waals surface area (Å²) in [4.78, 5) is 0. The van der Waals surface area contributed by atoms with Crippen molar-refractivity contribution in [1.82, 2.24) is 15.0 Å². The van der Waals surface area contributed by atoms with Gasteiger partial charge in [-0.15, -0.1) is 5.10 Å². The van der Waals surface area contributed by atoms with Gasteiger partial charge in [0.1, 0.15) is 5.52 Å². The van der Waals surface area contributed by atoms with Gasteiger partial charge < -0.3 is 4.74 Å². The van der Waals surface area contributed by atoms with Gasteiger partial charge in [0, 0.05) is 6.61 Å². The van der Waals surface area contributed by atoms with Gasteiger partial charge in [0.15, 0.2) is 10.0 Å². The van der Waals surface area contributed by atoms with E-state index in [1.165, 1.54) is 0 Å². The number of fused-ring (bicyclic) bond motifs is 1. The Balaban J connectivity index is 2.04. The van der Waals surface area contributed by atoms with Gasteiger partial charge in [-0.05, 0) is 18.6 Å². The first-order valence-electron chi connectivity index (χ1n) is 5.55. The van der Waals surface area contributed by atoms with Gasteiger partial charge in [0.2, 0.25) is 0 Å².